The maximum atomic E-state index is 11.6. The largest absolute Gasteiger partial charge is 0.383 e. The Morgan fingerprint density at radius 1 is 1.60 bits per heavy atom. The second-order valence-electron chi connectivity index (χ2n) is 4.35. The zero-order chi connectivity index (χ0) is 14.8. The molecule has 1 heterocycles. The third-order valence-electron chi connectivity index (χ3n) is 2.46. The third kappa shape index (κ3) is 6.53. The molecule has 0 fully saturated rings. The van der Waals surface area contributed by atoms with Gasteiger partial charge in [-0.25, -0.2) is 0 Å². The molecule has 0 saturated heterocycles. The molecule has 1 aromatic rings. The lowest BCUT2D eigenvalue weighted by molar-refractivity contribution is 0.0957. The van der Waals surface area contributed by atoms with Gasteiger partial charge in [0, 0.05) is 26.2 Å². The van der Waals surface area contributed by atoms with Crippen LogP contribution in [0.1, 0.15) is 23.0 Å². The van der Waals surface area contributed by atoms with E-state index in [2.05, 4.69) is 15.6 Å². The average molecular weight is 298 g/mol. The van der Waals surface area contributed by atoms with Crippen LogP contribution in [-0.4, -0.2) is 44.7 Å². The number of thiophene rings is 1. The van der Waals surface area contributed by atoms with Crippen molar-refractivity contribution in [1.29, 1.82) is 0 Å². The minimum atomic E-state index is -0.0382. The summed E-state index contributed by atoms with van der Waals surface area (Å²) < 4.78 is 4.99. The maximum Gasteiger partial charge on any atom is 0.261 e. The number of ether oxygens (including phenoxy) is 1. The van der Waals surface area contributed by atoms with Crippen molar-refractivity contribution >= 4 is 23.2 Å². The van der Waals surface area contributed by atoms with E-state index < -0.39 is 0 Å². The molecule has 0 aliphatic rings. The number of carbonyl (C=O) groups is 1. The second kappa shape index (κ2) is 9.33. The summed E-state index contributed by atoms with van der Waals surface area (Å²) in [6.45, 7) is 3.70. The van der Waals surface area contributed by atoms with Gasteiger partial charge in [-0.3, -0.25) is 9.79 Å². The molecule has 6 nitrogen and oxygen atoms in total. The molecule has 1 aromatic heterocycles. The molecule has 1 rings (SSSR count). The fourth-order valence-electron chi connectivity index (χ4n) is 1.57. The molecule has 1 atom stereocenters. The van der Waals surface area contributed by atoms with Crippen molar-refractivity contribution < 1.29 is 9.53 Å². The molecule has 0 aromatic carbocycles. The van der Waals surface area contributed by atoms with Gasteiger partial charge >= 0.3 is 0 Å². The van der Waals surface area contributed by atoms with Crippen molar-refractivity contribution in [3.8, 4) is 0 Å². The summed E-state index contributed by atoms with van der Waals surface area (Å²) in [7, 11) is 1.64. The Hall–Kier alpha value is -1.60. The monoisotopic (exact) mass is 298 g/mol. The molecule has 0 spiro atoms. The maximum absolute atomic E-state index is 11.6. The summed E-state index contributed by atoms with van der Waals surface area (Å²) in [6, 6.07) is 3.79. The van der Waals surface area contributed by atoms with E-state index in [1.165, 1.54) is 11.3 Å². The standard InChI is InChI=1S/C13H22N4O2S/c1-10(9-19-2)17-13(14)16-7-4-6-15-12(18)11-5-3-8-20-11/h3,5,8,10H,4,6-7,9H2,1-2H3,(H,15,18)(H3,14,16,17). The number of rotatable bonds is 8. The average Bonchev–Trinajstić information content (AvgIpc) is 2.92. The highest BCUT2D eigenvalue weighted by Gasteiger charge is 2.04. The summed E-state index contributed by atoms with van der Waals surface area (Å²) in [5, 5.41) is 7.74. The van der Waals surface area contributed by atoms with Gasteiger partial charge < -0.3 is 21.1 Å². The van der Waals surface area contributed by atoms with Gasteiger partial charge in [-0.05, 0) is 24.8 Å². The summed E-state index contributed by atoms with van der Waals surface area (Å²) in [4.78, 5) is 16.5. The first kappa shape index (κ1) is 16.5. The van der Waals surface area contributed by atoms with Crippen LogP contribution in [0.4, 0.5) is 0 Å². The van der Waals surface area contributed by atoms with Gasteiger partial charge in [0.2, 0.25) is 0 Å². The van der Waals surface area contributed by atoms with E-state index in [1.54, 1.807) is 13.2 Å². The second-order valence-corrected chi connectivity index (χ2v) is 5.30. The van der Waals surface area contributed by atoms with Crippen LogP contribution in [-0.2, 0) is 4.74 Å². The van der Waals surface area contributed by atoms with Gasteiger partial charge in [0.25, 0.3) is 5.91 Å². The Labute approximate surface area is 123 Å². The molecule has 1 amide bonds. The highest BCUT2D eigenvalue weighted by atomic mass is 32.1. The normalized spacial score (nSPS) is 13.0. The van der Waals surface area contributed by atoms with Crippen molar-refractivity contribution in [2.45, 2.75) is 19.4 Å². The van der Waals surface area contributed by atoms with Crippen LogP contribution < -0.4 is 16.4 Å². The number of methoxy groups -OCH3 is 1. The Balaban J connectivity index is 2.13. The fourth-order valence-corrected chi connectivity index (χ4v) is 2.21. The predicted molar refractivity (Wildman–Crippen MR) is 82.2 cm³/mol. The van der Waals surface area contributed by atoms with Gasteiger partial charge in [0.05, 0.1) is 11.5 Å². The SMILES string of the molecule is COCC(C)NC(N)=NCCCNC(=O)c1cccs1. The third-order valence-corrected chi connectivity index (χ3v) is 3.33. The minimum Gasteiger partial charge on any atom is -0.383 e. The Kier molecular flexibility index (Phi) is 7.67. The lowest BCUT2D eigenvalue weighted by atomic mass is 10.4. The smallest absolute Gasteiger partial charge is 0.261 e. The molecule has 112 valence electrons. The van der Waals surface area contributed by atoms with Crippen molar-refractivity contribution in [2.75, 3.05) is 26.8 Å². The van der Waals surface area contributed by atoms with E-state index in [9.17, 15) is 4.79 Å². The predicted octanol–water partition coefficient (Wildman–Crippen LogP) is 0.807. The summed E-state index contributed by atoms with van der Waals surface area (Å²) in [5.41, 5.74) is 5.72. The van der Waals surface area contributed by atoms with Gasteiger partial charge in [0.1, 0.15) is 0 Å². The van der Waals surface area contributed by atoms with E-state index in [0.717, 1.165) is 11.3 Å². The lowest BCUT2D eigenvalue weighted by Gasteiger charge is -2.12. The van der Waals surface area contributed by atoms with Crippen LogP contribution in [0.3, 0.4) is 0 Å². The Morgan fingerprint density at radius 2 is 2.40 bits per heavy atom. The van der Waals surface area contributed by atoms with Gasteiger partial charge in [-0.2, -0.15) is 0 Å². The molecule has 0 aliphatic carbocycles. The van der Waals surface area contributed by atoms with Crippen LogP contribution in [0.5, 0.6) is 0 Å². The first-order valence-electron chi connectivity index (χ1n) is 6.50. The summed E-state index contributed by atoms with van der Waals surface area (Å²) in [6.07, 6.45) is 0.748. The quantitative estimate of drug-likeness (QED) is 0.376. The van der Waals surface area contributed by atoms with Crippen molar-refractivity contribution in [2.24, 2.45) is 10.7 Å². The first-order valence-corrected chi connectivity index (χ1v) is 7.38. The molecule has 0 radical (unpaired) electrons. The zero-order valence-corrected chi connectivity index (χ0v) is 12.7. The van der Waals surface area contributed by atoms with Crippen molar-refractivity contribution in [3.63, 3.8) is 0 Å². The van der Waals surface area contributed by atoms with Crippen molar-refractivity contribution in [1.82, 2.24) is 10.6 Å². The van der Waals surface area contributed by atoms with E-state index in [0.29, 0.717) is 25.7 Å². The molecular weight excluding hydrogens is 276 g/mol. The number of nitrogens with two attached hydrogens (primary N) is 1. The molecular formula is C13H22N4O2S. The van der Waals surface area contributed by atoms with Crippen LogP contribution in [0, 0.1) is 0 Å². The van der Waals surface area contributed by atoms with Gasteiger partial charge in [-0.15, -0.1) is 11.3 Å². The number of amides is 1. The van der Waals surface area contributed by atoms with E-state index in [4.69, 9.17) is 10.5 Å². The van der Waals surface area contributed by atoms with E-state index in [-0.39, 0.29) is 11.9 Å². The fraction of sp³-hybridized carbons (Fsp3) is 0.538. The number of aliphatic imine (C=N–C) groups is 1. The van der Waals surface area contributed by atoms with Gasteiger partial charge in [-0.1, -0.05) is 6.07 Å². The van der Waals surface area contributed by atoms with Gasteiger partial charge in [0.15, 0.2) is 5.96 Å². The Morgan fingerprint density at radius 3 is 3.05 bits per heavy atom. The number of guanidine groups is 1. The number of nitrogens with zero attached hydrogens (tertiary/aromatic N) is 1. The topological polar surface area (TPSA) is 88.7 Å². The van der Waals surface area contributed by atoms with Crippen molar-refractivity contribution in [3.05, 3.63) is 22.4 Å². The molecule has 0 bridgehead atoms. The first-order chi connectivity index (χ1) is 9.63. The molecule has 4 N–H and O–H groups in total. The summed E-state index contributed by atoms with van der Waals surface area (Å²) >= 11 is 1.43. The van der Waals surface area contributed by atoms with E-state index >= 15 is 0 Å². The summed E-state index contributed by atoms with van der Waals surface area (Å²) in [5.74, 6) is 0.364. The highest BCUT2D eigenvalue weighted by Crippen LogP contribution is 2.07. The number of nitrogens with one attached hydrogen (secondary N) is 2. The highest BCUT2D eigenvalue weighted by molar-refractivity contribution is 7.12. The van der Waals surface area contributed by atoms with E-state index in [1.807, 2.05) is 18.4 Å². The lowest BCUT2D eigenvalue weighted by Crippen LogP contribution is -2.40. The number of carbonyl (C=O) groups excluding carboxylic acids is 1. The van der Waals surface area contributed by atoms with Crippen LogP contribution >= 0.6 is 11.3 Å². The molecule has 0 saturated carbocycles. The Bertz CT molecular complexity index is 420. The molecule has 7 heteroatoms. The minimum absolute atomic E-state index is 0.0382. The molecule has 1 unspecified atom stereocenters. The number of hydrogen-bond donors (Lipinski definition) is 3. The molecule has 20 heavy (non-hydrogen) atoms. The van der Waals surface area contributed by atoms with Crippen LogP contribution in [0.25, 0.3) is 0 Å². The van der Waals surface area contributed by atoms with Crippen LogP contribution in [0.15, 0.2) is 22.5 Å². The number of hydrogen-bond acceptors (Lipinski definition) is 4. The van der Waals surface area contributed by atoms with Crippen LogP contribution in [0.2, 0.25) is 0 Å². The zero-order valence-electron chi connectivity index (χ0n) is 11.9. The molecule has 0 aliphatic heterocycles.